The Kier molecular flexibility index (Phi) is 4.71. The number of hydrogen-bond donors (Lipinski definition) is 1. The van der Waals surface area contributed by atoms with Gasteiger partial charge in [-0.3, -0.25) is 4.79 Å². The van der Waals surface area contributed by atoms with E-state index in [0.717, 1.165) is 24.2 Å². The minimum absolute atomic E-state index is 0.186. The normalized spacial score (nSPS) is 10.1. The summed E-state index contributed by atoms with van der Waals surface area (Å²) in [7, 11) is 0. The Balaban J connectivity index is 2.25. The monoisotopic (exact) mass is 269 g/mol. The molecule has 0 saturated carbocycles. The largest absolute Gasteiger partial charge is 0.323 e. The Morgan fingerprint density at radius 1 is 1.10 bits per heavy atom. The molecule has 2 aromatic rings. The third kappa shape index (κ3) is 3.15. The van der Waals surface area contributed by atoms with E-state index in [4.69, 9.17) is 0 Å². The molecule has 2 rings (SSSR count). The molecule has 0 aliphatic carbocycles. The van der Waals surface area contributed by atoms with E-state index in [1.165, 1.54) is 0 Å². The summed E-state index contributed by atoms with van der Waals surface area (Å²) in [5.41, 5.74) is 5.08. The lowest BCUT2D eigenvalue weighted by atomic mass is 10.1. The van der Waals surface area contributed by atoms with Gasteiger partial charge in [0.15, 0.2) is 0 Å². The van der Waals surface area contributed by atoms with Crippen molar-refractivity contribution in [3.05, 3.63) is 54.4 Å². The van der Waals surface area contributed by atoms with Crippen LogP contribution in [0.5, 0.6) is 0 Å². The number of hydrazone groups is 1. The molecule has 0 saturated heterocycles. The van der Waals surface area contributed by atoms with E-state index in [2.05, 4.69) is 10.5 Å². The molecule has 1 amide bonds. The van der Waals surface area contributed by atoms with Crippen molar-refractivity contribution in [3.63, 3.8) is 0 Å². The van der Waals surface area contributed by atoms with Gasteiger partial charge in [0.2, 0.25) is 0 Å². The molecule has 1 aromatic heterocycles. The number of rotatable bonds is 5. The van der Waals surface area contributed by atoms with Gasteiger partial charge in [0.05, 0.1) is 11.3 Å². The van der Waals surface area contributed by atoms with E-state index < -0.39 is 0 Å². The number of amides is 1. The molecule has 0 radical (unpaired) electrons. The summed E-state index contributed by atoms with van der Waals surface area (Å²) in [4.78, 5) is 12.3. The highest BCUT2D eigenvalue weighted by Gasteiger charge is 2.11. The fraction of sp³-hybridized carbons (Fsp3) is 0.250. The van der Waals surface area contributed by atoms with Crippen molar-refractivity contribution in [2.24, 2.45) is 5.10 Å². The predicted molar refractivity (Wildman–Crippen MR) is 81.3 cm³/mol. The Hall–Kier alpha value is -2.36. The number of aromatic nitrogens is 1. The SMILES string of the molecule is CCC(CC)=NNC(=O)c1ccccc1-n1cccc1. The van der Waals surface area contributed by atoms with Crippen molar-refractivity contribution in [1.29, 1.82) is 0 Å². The molecule has 0 aliphatic rings. The maximum atomic E-state index is 12.3. The molecule has 104 valence electrons. The zero-order valence-electron chi connectivity index (χ0n) is 11.8. The van der Waals surface area contributed by atoms with Crippen molar-refractivity contribution >= 4 is 11.6 Å². The number of nitrogens with one attached hydrogen (secondary N) is 1. The van der Waals surface area contributed by atoms with Crippen molar-refractivity contribution in [3.8, 4) is 5.69 Å². The summed E-state index contributed by atoms with van der Waals surface area (Å²) in [5.74, 6) is -0.186. The van der Waals surface area contributed by atoms with Gasteiger partial charge in [0.25, 0.3) is 5.91 Å². The number of nitrogens with zero attached hydrogens (tertiary/aromatic N) is 2. The van der Waals surface area contributed by atoms with Crippen LogP contribution in [0, 0.1) is 0 Å². The Morgan fingerprint density at radius 2 is 1.75 bits per heavy atom. The van der Waals surface area contributed by atoms with Gasteiger partial charge < -0.3 is 4.57 Å². The van der Waals surface area contributed by atoms with Crippen LogP contribution in [0.25, 0.3) is 5.69 Å². The van der Waals surface area contributed by atoms with Crippen LogP contribution in [0.2, 0.25) is 0 Å². The van der Waals surface area contributed by atoms with E-state index in [-0.39, 0.29) is 5.91 Å². The molecule has 1 aromatic carbocycles. The van der Waals surface area contributed by atoms with Gasteiger partial charge >= 0.3 is 0 Å². The molecule has 0 atom stereocenters. The summed E-state index contributed by atoms with van der Waals surface area (Å²) < 4.78 is 1.92. The van der Waals surface area contributed by atoms with Gasteiger partial charge in [-0.2, -0.15) is 5.10 Å². The average Bonchev–Trinajstić information content (AvgIpc) is 3.02. The van der Waals surface area contributed by atoms with Gasteiger partial charge in [-0.15, -0.1) is 0 Å². The van der Waals surface area contributed by atoms with Crippen LogP contribution < -0.4 is 5.43 Å². The average molecular weight is 269 g/mol. The van der Waals surface area contributed by atoms with Crippen LogP contribution in [-0.2, 0) is 0 Å². The van der Waals surface area contributed by atoms with E-state index in [1.807, 2.05) is 61.1 Å². The fourth-order valence-corrected chi connectivity index (χ4v) is 1.98. The highest BCUT2D eigenvalue weighted by Crippen LogP contribution is 2.14. The number of carbonyl (C=O) groups excluding carboxylic acids is 1. The van der Waals surface area contributed by atoms with Crippen LogP contribution in [0.15, 0.2) is 53.9 Å². The molecule has 4 nitrogen and oxygen atoms in total. The molecular formula is C16H19N3O. The molecule has 0 fully saturated rings. The van der Waals surface area contributed by atoms with Gasteiger partial charge in [-0.25, -0.2) is 5.43 Å². The molecule has 1 N–H and O–H groups in total. The topological polar surface area (TPSA) is 46.4 Å². The summed E-state index contributed by atoms with van der Waals surface area (Å²) in [5, 5.41) is 4.17. The zero-order chi connectivity index (χ0) is 14.4. The Bertz CT molecular complexity index is 594. The lowest BCUT2D eigenvalue weighted by Gasteiger charge is -2.09. The predicted octanol–water partition coefficient (Wildman–Crippen LogP) is 3.38. The second-order valence-electron chi connectivity index (χ2n) is 4.43. The zero-order valence-corrected chi connectivity index (χ0v) is 11.8. The maximum Gasteiger partial charge on any atom is 0.273 e. The number of benzene rings is 1. The minimum atomic E-state index is -0.186. The van der Waals surface area contributed by atoms with Crippen LogP contribution in [-0.4, -0.2) is 16.2 Å². The van der Waals surface area contributed by atoms with E-state index >= 15 is 0 Å². The minimum Gasteiger partial charge on any atom is -0.323 e. The first-order chi connectivity index (χ1) is 9.76. The molecule has 20 heavy (non-hydrogen) atoms. The lowest BCUT2D eigenvalue weighted by Crippen LogP contribution is -2.21. The number of para-hydroxylation sites is 1. The summed E-state index contributed by atoms with van der Waals surface area (Å²) in [6.45, 7) is 4.06. The van der Waals surface area contributed by atoms with Gasteiger partial charge in [0, 0.05) is 18.1 Å². The van der Waals surface area contributed by atoms with Gasteiger partial charge in [-0.1, -0.05) is 26.0 Å². The van der Waals surface area contributed by atoms with Crippen molar-refractivity contribution in [2.75, 3.05) is 0 Å². The Labute approximate surface area is 119 Å². The summed E-state index contributed by atoms with van der Waals surface area (Å²) in [6, 6.07) is 11.3. The lowest BCUT2D eigenvalue weighted by molar-refractivity contribution is 0.0954. The standard InChI is InChI=1S/C16H19N3O/c1-3-13(4-2)17-18-16(20)14-9-5-6-10-15(14)19-11-7-8-12-19/h5-12H,3-4H2,1-2H3,(H,18,20). The van der Waals surface area contributed by atoms with E-state index in [9.17, 15) is 4.79 Å². The van der Waals surface area contributed by atoms with E-state index in [1.54, 1.807) is 6.07 Å². The molecule has 0 unspecified atom stereocenters. The maximum absolute atomic E-state index is 12.3. The van der Waals surface area contributed by atoms with Crippen molar-refractivity contribution in [2.45, 2.75) is 26.7 Å². The van der Waals surface area contributed by atoms with Gasteiger partial charge in [0.1, 0.15) is 0 Å². The molecule has 4 heteroatoms. The van der Waals surface area contributed by atoms with Crippen LogP contribution >= 0.6 is 0 Å². The van der Waals surface area contributed by atoms with E-state index in [0.29, 0.717) is 5.56 Å². The fourth-order valence-electron chi connectivity index (χ4n) is 1.98. The molecule has 0 aliphatic heterocycles. The molecular weight excluding hydrogens is 250 g/mol. The second-order valence-corrected chi connectivity index (χ2v) is 4.43. The Morgan fingerprint density at radius 3 is 2.40 bits per heavy atom. The third-order valence-corrected chi connectivity index (χ3v) is 3.16. The number of carbonyl (C=O) groups is 1. The van der Waals surface area contributed by atoms with Crippen LogP contribution in [0.1, 0.15) is 37.0 Å². The molecule has 0 spiro atoms. The summed E-state index contributed by atoms with van der Waals surface area (Å²) in [6.07, 6.45) is 5.52. The smallest absolute Gasteiger partial charge is 0.273 e. The quantitative estimate of drug-likeness (QED) is 0.656. The molecule has 0 bridgehead atoms. The second kappa shape index (κ2) is 6.70. The van der Waals surface area contributed by atoms with Crippen molar-refractivity contribution < 1.29 is 4.79 Å². The first-order valence-corrected chi connectivity index (χ1v) is 6.84. The van der Waals surface area contributed by atoms with Crippen LogP contribution in [0.4, 0.5) is 0 Å². The first kappa shape index (κ1) is 14.1. The molecule has 1 heterocycles. The highest BCUT2D eigenvalue weighted by molar-refractivity contribution is 5.98. The van der Waals surface area contributed by atoms with Crippen molar-refractivity contribution in [1.82, 2.24) is 9.99 Å². The number of hydrogen-bond acceptors (Lipinski definition) is 2. The van der Waals surface area contributed by atoms with Gasteiger partial charge in [-0.05, 0) is 37.1 Å². The first-order valence-electron chi connectivity index (χ1n) is 6.84. The summed E-state index contributed by atoms with van der Waals surface area (Å²) >= 11 is 0. The third-order valence-electron chi connectivity index (χ3n) is 3.16. The van der Waals surface area contributed by atoms with Crippen LogP contribution in [0.3, 0.4) is 0 Å². The highest BCUT2D eigenvalue weighted by atomic mass is 16.2.